The van der Waals surface area contributed by atoms with Crippen molar-refractivity contribution < 1.29 is 38.6 Å². The standard InChI is InChI=1S/C40H52O8/c1-19(2)11-12-22(7)15-24-13-14-28(48-24)26-16-25(20(3)4)27-17-38(9)18-39(10)31(21(5)6)34(43)29(23(8)41)36(45)40(39,47)37(46)32(38)35(44)30(27)33(26)42/h13-14,16,19-22,29,31-32,42,47H,11-12,15,17-18H2,1-10H3/t22?,29?,31?,32?,38-,39-,40+/m1/s1. The number of rotatable bonds is 9. The van der Waals surface area contributed by atoms with Crippen LogP contribution in [0.1, 0.15) is 122 Å². The fraction of sp³-hybridized carbons (Fsp3) is 0.625. The molecule has 260 valence electrons. The van der Waals surface area contributed by atoms with Crippen LogP contribution in [0.25, 0.3) is 11.3 Å². The van der Waals surface area contributed by atoms with Crippen LogP contribution < -0.4 is 0 Å². The van der Waals surface area contributed by atoms with Crippen molar-refractivity contribution in [3.63, 3.8) is 0 Å². The van der Waals surface area contributed by atoms with E-state index in [0.29, 0.717) is 28.7 Å². The van der Waals surface area contributed by atoms with Crippen molar-refractivity contribution in [1.29, 1.82) is 0 Å². The molecule has 4 unspecified atom stereocenters. The highest BCUT2D eigenvalue weighted by atomic mass is 16.3. The highest BCUT2D eigenvalue weighted by molar-refractivity contribution is 6.32. The molecule has 1 aromatic heterocycles. The molecule has 0 aliphatic heterocycles. The lowest BCUT2D eigenvalue weighted by molar-refractivity contribution is -0.205. The minimum Gasteiger partial charge on any atom is -0.506 e. The molecule has 5 rings (SSSR count). The summed E-state index contributed by atoms with van der Waals surface area (Å²) in [6.45, 7) is 18.7. The first kappa shape index (κ1) is 35.9. The van der Waals surface area contributed by atoms with Gasteiger partial charge in [0.25, 0.3) is 0 Å². The highest BCUT2D eigenvalue weighted by Gasteiger charge is 2.76. The molecule has 3 aliphatic rings. The van der Waals surface area contributed by atoms with Crippen LogP contribution in [0.3, 0.4) is 0 Å². The molecule has 1 aromatic carbocycles. The van der Waals surface area contributed by atoms with Gasteiger partial charge in [0.15, 0.2) is 28.7 Å². The normalized spacial score (nSPS) is 30.9. The average molecular weight is 661 g/mol. The summed E-state index contributed by atoms with van der Waals surface area (Å²) in [7, 11) is 0. The minimum atomic E-state index is -2.72. The van der Waals surface area contributed by atoms with Gasteiger partial charge in [-0.1, -0.05) is 75.2 Å². The van der Waals surface area contributed by atoms with Crippen molar-refractivity contribution in [2.75, 3.05) is 0 Å². The largest absolute Gasteiger partial charge is 0.506 e. The van der Waals surface area contributed by atoms with Gasteiger partial charge in [-0.2, -0.15) is 0 Å². The Hall–Kier alpha value is -3.39. The van der Waals surface area contributed by atoms with Crippen LogP contribution in [0.5, 0.6) is 5.75 Å². The average Bonchev–Trinajstić information content (AvgIpc) is 3.41. The minimum absolute atomic E-state index is 0.00495. The first-order chi connectivity index (χ1) is 22.2. The second-order valence-electron chi connectivity index (χ2n) is 16.7. The molecule has 0 radical (unpaired) electrons. The van der Waals surface area contributed by atoms with Crippen LogP contribution in [-0.4, -0.2) is 44.7 Å². The molecular formula is C40H52O8. The van der Waals surface area contributed by atoms with E-state index in [1.165, 1.54) is 0 Å². The van der Waals surface area contributed by atoms with Crippen molar-refractivity contribution in [3.8, 4) is 17.1 Å². The lowest BCUT2D eigenvalue weighted by atomic mass is 9.39. The molecule has 2 N–H and O–H groups in total. The van der Waals surface area contributed by atoms with Gasteiger partial charge < -0.3 is 14.6 Å². The molecule has 48 heavy (non-hydrogen) atoms. The third-order valence-corrected chi connectivity index (χ3v) is 11.7. The number of carbonyl (C=O) groups is 5. The summed E-state index contributed by atoms with van der Waals surface area (Å²) >= 11 is 0. The van der Waals surface area contributed by atoms with Gasteiger partial charge in [0.1, 0.15) is 29.0 Å². The van der Waals surface area contributed by atoms with Crippen LogP contribution in [-0.2, 0) is 32.0 Å². The number of aliphatic hydroxyl groups is 1. The molecule has 2 aromatic rings. The van der Waals surface area contributed by atoms with Gasteiger partial charge in [0.05, 0.1) is 17.0 Å². The molecule has 0 spiro atoms. The molecule has 3 aliphatic carbocycles. The molecule has 0 bridgehead atoms. The monoisotopic (exact) mass is 660 g/mol. The van der Waals surface area contributed by atoms with Crippen molar-refractivity contribution >= 4 is 28.9 Å². The third kappa shape index (κ3) is 5.24. The zero-order valence-electron chi connectivity index (χ0n) is 30.2. The van der Waals surface area contributed by atoms with Gasteiger partial charge in [-0.25, -0.2) is 0 Å². The topological polar surface area (TPSA) is 139 Å². The summed E-state index contributed by atoms with van der Waals surface area (Å²) in [6, 6.07) is 5.55. The predicted octanol–water partition coefficient (Wildman–Crippen LogP) is 7.09. The highest BCUT2D eigenvalue weighted by Crippen LogP contribution is 2.64. The molecule has 2 saturated carbocycles. The number of phenolic OH excluding ortho intramolecular Hbond substituents is 1. The fourth-order valence-corrected chi connectivity index (χ4v) is 9.63. The van der Waals surface area contributed by atoms with E-state index in [-0.39, 0.29) is 30.1 Å². The summed E-state index contributed by atoms with van der Waals surface area (Å²) < 4.78 is 6.24. The van der Waals surface area contributed by atoms with Gasteiger partial charge in [0, 0.05) is 17.8 Å². The molecular weight excluding hydrogens is 608 g/mol. The number of Topliss-reactive ketones (excluding diaryl/α,β-unsaturated/α-hetero) is 5. The van der Waals surface area contributed by atoms with Gasteiger partial charge in [0.2, 0.25) is 0 Å². The summed E-state index contributed by atoms with van der Waals surface area (Å²) in [5, 5.41) is 24.1. The van der Waals surface area contributed by atoms with Crippen LogP contribution in [0.2, 0.25) is 0 Å². The number of phenols is 1. The quantitative estimate of drug-likeness (QED) is 0.272. The Bertz CT molecular complexity index is 1690. The van der Waals surface area contributed by atoms with Crippen molar-refractivity contribution in [2.45, 2.75) is 113 Å². The van der Waals surface area contributed by atoms with E-state index in [1.807, 2.05) is 26.0 Å². The van der Waals surface area contributed by atoms with Gasteiger partial charge in [-0.3, -0.25) is 24.0 Å². The Kier molecular flexibility index (Phi) is 9.11. The predicted molar refractivity (Wildman–Crippen MR) is 182 cm³/mol. The van der Waals surface area contributed by atoms with Gasteiger partial charge in [-0.15, -0.1) is 0 Å². The number of ketones is 5. The number of fused-ring (bicyclic) bond motifs is 3. The van der Waals surface area contributed by atoms with Crippen molar-refractivity contribution in [1.82, 2.24) is 0 Å². The molecule has 7 atom stereocenters. The Morgan fingerprint density at radius 2 is 1.62 bits per heavy atom. The fourth-order valence-electron chi connectivity index (χ4n) is 9.63. The SMILES string of the molecule is CC(=O)C1C(=O)C(C(C)C)[C@@]2(C)C[C@@]3(C)Cc4c(C(C)C)cc(-c5ccc(CC(C)CCC(C)C)o5)c(O)c4C(=O)C3C(=O)[C@@]2(O)C1=O. The zero-order chi connectivity index (χ0) is 35.8. The van der Waals surface area contributed by atoms with E-state index < -0.39 is 69.0 Å². The maximum atomic E-state index is 14.7. The summed E-state index contributed by atoms with van der Waals surface area (Å²) in [5.41, 5.74) is -3.52. The Labute approximate surface area is 284 Å². The number of hydrogen-bond acceptors (Lipinski definition) is 8. The number of furan rings is 1. The second kappa shape index (κ2) is 12.2. The van der Waals surface area contributed by atoms with Crippen LogP contribution >= 0.6 is 0 Å². The van der Waals surface area contributed by atoms with E-state index in [4.69, 9.17) is 4.42 Å². The number of hydrogen-bond donors (Lipinski definition) is 2. The molecule has 2 fully saturated rings. The Morgan fingerprint density at radius 1 is 0.979 bits per heavy atom. The van der Waals surface area contributed by atoms with E-state index in [1.54, 1.807) is 33.8 Å². The first-order valence-electron chi connectivity index (χ1n) is 17.6. The van der Waals surface area contributed by atoms with E-state index in [2.05, 4.69) is 20.8 Å². The smallest absolute Gasteiger partial charge is 0.190 e. The zero-order valence-corrected chi connectivity index (χ0v) is 30.2. The van der Waals surface area contributed by atoms with E-state index in [9.17, 15) is 34.2 Å². The summed E-state index contributed by atoms with van der Waals surface area (Å²) in [6.07, 6.45) is 3.15. The first-order valence-corrected chi connectivity index (χ1v) is 17.6. The Morgan fingerprint density at radius 3 is 2.19 bits per heavy atom. The summed E-state index contributed by atoms with van der Waals surface area (Å²) in [5.74, 6) is -6.86. The van der Waals surface area contributed by atoms with Crippen LogP contribution in [0, 0.1) is 46.3 Å². The Balaban J connectivity index is 1.64. The second-order valence-corrected chi connectivity index (χ2v) is 16.7. The molecule has 0 saturated heterocycles. The third-order valence-electron chi connectivity index (χ3n) is 11.7. The molecule has 8 heteroatoms. The van der Waals surface area contributed by atoms with E-state index >= 15 is 0 Å². The molecule has 8 nitrogen and oxygen atoms in total. The van der Waals surface area contributed by atoms with Gasteiger partial charge in [-0.05, 0) is 78.2 Å². The maximum Gasteiger partial charge on any atom is 0.190 e. The number of carbonyl (C=O) groups excluding carboxylic acids is 5. The van der Waals surface area contributed by atoms with Crippen LogP contribution in [0.15, 0.2) is 22.6 Å². The number of aromatic hydroxyl groups is 1. The lowest BCUT2D eigenvalue weighted by Gasteiger charge is -2.62. The maximum absolute atomic E-state index is 14.7. The van der Waals surface area contributed by atoms with Crippen molar-refractivity contribution in [2.24, 2.45) is 46.3 Å². The lowest BCUT2D eigenvalue weighted by Crippen LogP contribution is -2.76. The van der Waals surface area contributed by atoms with Gasteiger partial charge >= 0.3 is 0 Å². The summed E-state index contributed by atoms with van der Waals surface area (Å²) in [4.78, 5) is 69.7. The number of benzene rings is 1. The molecule has 0 amide bonds. The molecule has 1 heterocycles. The van der Waals surface area contributed by atoms with Crippen molar-refractivity contribution in [3.05, 3.63) is 40.6 Å². The van der Waals surface area contributed by atoms with E-state index in [0.717, 1.165) is 37.5 Å². The van der Waals surface area contributed by atoms with Crippen LogP contribution in [0.4, 0.5) is 0 Å².